The van der Waals surface area contributed by atoms with Crippen molar-refractivity contribution in [2.24, 2.45) is 0 Å². The Balaban J connectivity index is 2.13. The number of benzene rings is 1. The zero-order valence-electron chi connectivity index (χ0n) is 11.4. The zero-order chi connectivity index (χ0) is 14.5. The summed E-state index contributed by atoms with van der Waals surface area (Å²) in [5.41, 5.74) is 6.55. The van der Waals surface area contributed by atoms with Gasteiger partial charge < -0.3 is 21.1 Å². The number of carbonyl (C=O) groups is 2. The van der Waals surface area contributed by atoms with E-state index in [-0.39, 0.29) is 11.8 Å². The third kappa shape index (κ3) is 3.20. The number of anilines is 1. The Morgan fingerprint density at radius 3 is 3.00 bits per heavy atom. The van der Waals surface area contributed by atoms with Crippen LogP contribution < -0.4 is 21.1 Å². The lowest BCUT2D eigenvalue weighted by atomic mass is 10.1. The number of nitrogens with two attached hydrogens (primary N) is 1. The lowest BCUT2D eigenvalue weighted by Gasteiger charge is -2.16. The number of amides is 2. The van der Waals surface area contributed by atoms with Crippen molar-refractivity contribution in [2.75, 3.05) is 19.4 Å². The summed E-state index contributed by atoms with van der Waals surface area (Å²) in [6, 6.07) is 4.32. The maximum atomic E-state index is 12.2. The van der Waals surface area contributed by atoms with Crippen molar-refractivity contribution >= 4 is 17.5 Å². The first-order valence-corrected chi connectivity index (χ1v) is 6.64. The molecule has 2 amide bonds. The Morgan fingerprint density at radius 1 is 1.45 bits per heavy atom. The van der Waals surface area contributed by atoms with Crippen LogP contribution in [0, 0.1) is 0 Å². The molecule has 1 aromatic carbocycles. The van der Waals surface area contributed by atoms with Gasteiger partial charge in [-0.15, -0.1) is 0 Å². The van der Waals surface area contributed by atoms with E-state index in [4.69, 9.17) is 10.5 Å². The van der Waals surface area contributed by atoms with Gasteiger partial charge in [-0.3, -0.25) is 9.59 Å². The van der Waals surface area contributed by atoms with E-state index >= 15 is 0 Å². The third-order valence-electron chi connectivity index (χ3n) is 3.31. The molecule has 6 heteroatoms. The van der Waals surface area contributed by atoms with E-state index < -0.39 is 6.04 Å². The molecule has 1 heterocycles. The third-order valence-corrected chi connectivity index (χ3v) is 3.31. The first-order chi connectivity index (χ1) is 9.61. The Labute approximate surface area is 117 Å². The monoisotopic (exact) mass is 277 g/mol. The fourth-order valence-corrected chi connectivity index (χ4v) is 2.21. The predicted molar refractivity (Wildman–Crippen MR) is 75.5 cm³/mol. The fourth-order valence-electron chi connectivity index (χ4n) is 2.21. The van der Waals surface area contributed by atoms with Crippen LogP contribution in [-0.2, 0) is 4.79 Å². The maximum absolute atomic E-state index is 12.2. The molecule has 0 aromatic heterocycles. The van der Waals surface area contributed by atoms with Gasteiger partial charge in [0.15, 0.2) is 0 Å². The fraction of sp³-hybridized carbons (Fsp3) is 0.429. The molecular weight excluding hydrogens is 258 g/mol. The molecule has 2 rings (SSSR count). The number of hydrogen-bond donors (Lipinski definition) is 3. The number of ether oxygens (including phenoxy) is 1. The Kier molecular flexibility index (Phi) is 4.45. The summed E-state index contributed by atoms with van der Waals surface area (Å²) in [5.74, 6) is -0.0642. The van der Waals surface area contributed by atoms with Gasteiger partial charge in [0.2, 0.25) is 5.91 Å². The normalized spacial score (nSPS) is 18.9. The largest absolute Gasteiger partial charge is 0.496 e. The van der Waals surface area contributed by atoms with Crippen LogP contribution in [0.5, 0.6) is 5.75 Å². The number of methoxy groups -OCH3 is 1. The van der Waals surface area contributed by atoms with Gasteiger partial charge in [-0.1, -0.05) is 0 Å². The summed E-state index contributed by atoms with van der Waals surface area (Å²) in [6.45, 7) is 0.663. The molecule has 1 unspecified atom stereocenters. The number of carbonyl (C=O) groups excluding carboxylic acids is 2. The Hall–Kier alpha value is -2.24. The maximum Gasteiger partial charge on any atom is 0.255 e. The number of hydrogen-bond acceptors (Lipinski definition) is 4. The molecule has 1 saturated heterocycles. The first-order valence-electron chi connectivity index (χ1n) is 6.64. The van der Waals surface area contributed by atoms with Crippen molar-refractivity contribution in [3.8, 4) is 5.75 Å². The molecule has 0 radical (unpaired) electrons. The van der Waals surface area contributed by atoms with Crippen molar-refractivity contribution in [1.29, 1.82) is 0 Å². The lowest BCUT2D eigenvalue weighted by molar-refractivity contribution is -0.122. The standard InChI is InChI=1S/C14H19N3O3/c1-20-12-8-9(15)5-6-10(12)13(18)17-11-4-2-3-7-16-14(11)19/h5-6,8,11H,2-4,7,15H2,1H3,(H,16,19)(H,17,18). The minimum Gasteiger partial charge on any atom is -0.496 e. The van der Waals surface area contributed by atoms with Gasteiger partial charge in [0.1, 0.15) is 11.8 Å². The van der Waals surface area contributed by atoms with Crippen LogP contribution in [0.2, 0.25) is 0 Å². The molecule has 1 aliphatic rings. The van der Waals surface area contributed by atoms with Gasteiger partial charge in [0, 0.05) is 18.3 Å². The second-order valence-corrected chi connectivity index (χ2v) is 4.77. The van der Waals surface area contributed by atoms with Gasteiger partial charge in [0.25, 0.3) is 5.91 Å². The van der Waals surface area contributed by atoms with E-state index in [1.165, 1.54) is 7.11 Å². The van der Waals surface area contributed by atoms with Gasteiger partial charge in [-0.05, 0) is 31.4 Å². The molecule has 20 heavy (non-hydrogen) atoms. The van der Waals surface area contributed by atoms with E-state index in [2.05, 4.69) is 10.6 Å². The molecular formula is C14H19N3O3. The summed E-state index contributed by atoms with van der Waals surface area (Å²) in [7, 11) is 1.48. The molecule has 1 aromatic rings. The van der Waals surface area contributed by atoms with Crippen molar-refractivity contribution in [2.45, 2.75) is 25.3 Å². The van der Waals surface area contributed by atoms with Crippen LogP contribution in [0.1, 0.15) is 29.6 Å². The summed E-state index contributed by atoms with van der Waals surface area (Å²) in [6.07, 6.45) is 2.49. The number of nitrogen functional groups attached to an aromatic ring is 1. The molecule has 0 aliphatic carbocycles. The second-order valence-electron chi connectivity index (χ2n) is 4.77. The smallest absolute Gasteiger partial charge is 0.255 e. The first kappa shape index (κ1) is 14.2. The van der Waals surface area contributed by atoms with E-state index in [9.17, 15) is 9.59 Å². The van der Waals surface area contributed by atoms with Crippen molar-refractivity contribution < 1.29 is 14.3 Å². The molecule has 0 spiro atoms. The van der Waals surface area contributed by atoms with Gasteiger partial charge in [-0.25, -0.2) is 0 Å². The summed E-state index contributed by atoms with van der Waals surface area (Å²) >= 11 is 0. The highest BCUT2D eigenvalue weighted by molar-refractivity contribution is 6.00. The molecule has 108 valence electrons. The van der Waals surface area contributed by atoms with Crippen molar-refractivity contribution in [3.05, 3.63) is 23.8 Å². The number of nitrogens with one attached hydrogen (secondary N) is 2. The molecule has 1 atom stereocenters. The van der Waals surface area contributed by atoms with Gasteiger partial charge in [-0.2, -0.15) is 0 Å². The minimum atomic E-state index is -0.493. The van der Waals surface area contributed by atoms with Crippen LogP contribution in [0.3, 0.4) is 0 Å². The number of rotatable bonds is 3. The minimum absolute atomic E-state index is 0.134. The molecule has 0 bridgehead atoms. The topological polar surface area (TPSA) is 93.4 Å². The van der Waals surface area contributed by atoms with Crippen LogP contribution in [0.15, 0.2) is 18.2 Å². The summed E-state index contributed by atoms with van der Waals surface area (Å²) in [5, 5.41) is 5.53. The molecule has 6 nitrogen and oxygen atoms in total. The van der Waals surface area contributed by atoms with E-state index in [1.807, 2.05) is 0 Å². The Morgan fingerprint density at radius 2 is 2.25 bits per heavy atom. The average molecular weight is 277 g/mol. The van der Waals surface area contributed by atoms with Crippen molar-refractivity contribution in [3.63, 3.8) is 0 Å². The van der Waals surface area contributed by atoms with Gasteiger partial charge in [0.05, 0.1) is 12.7 Å². The highest BCUT2D eigenvalue weighted by Gasteiger charge is 2.24. The van der Waals surface area contributed by atoms with Crippen LogP contribution in [-0.4, -0.2) is 31.5 Å². The molecule has 1 aliphatic heterocycles. The molecule has 4 N–H and O–H groups in total. The highest BCUT2D eigenvalue weighted by Crippen LogP contribution is 2.21. The SMILES string of the molecule is COc1cc(N)ccc1C(=O)NC1CCCCNC1=O. The Bertz CT molecular complexity index is 516. The highest BCUT2D eigenvalue weighted by atomic mass is 16.5. The predicted octanol–water partition coefficient (Wildman–Crippen LogP) is 0.676. The molecule has 0 saturated carbocycles. The van der Waals surface area contributed by atoms with E-state index in [1.54, 1.807) is 18.2 Å². The zero-order valence-corrected chi connectivity index (χ0v) is 11.4. The average Bonchev–Trinajstić information content (AvgIpc) is 2.64. The summed E-state index contributed by atoms with van der Waals surface area (Å²) < 4.78 is 5.15. The van der Waals surface area contributed by atoms with E-state index in [0.29, 0.717) is 30.0 Å². The van der Waals surface area contributed by atoms with Crippen LogP contribution in [0.25, 0.3) is 0 Å². The summed E-state index contributed by atoms with van der Waals surface area (Å²) in [4.78, 5) is 24.1. The van der Waals surface area contributed by atoms with E-state index in [0.717, 1.165) is 12.8 Å². The van der Waals surface area contributed by atoms with Crippen LogP contribution in [0.4, 0.5) is 5.69 Å². The quantitative estimate of drug-likeness (QED) is 0.708. The lowest BCUT2D eigenvalue weighted by Crippen LogP contribution is -2.45. The van der Waals surface area contributed by atoms with Crippen molar-refractivity contribution in [1.82, 2.24) is 10.6 Å². The van der Waals surface area contributed by atoms with Crippen LogP contribution >= 0.6 is 0 Å². The van der Waals surface area contributed by atoms with Gasteiger partial charge >= 0.3 is 0 Å². The second kappa shape index (κ2) is 6.27. The molecule has 1 fully saturated rings.